The van der Waals surface area contributed by atoms with E-state index in [-0.39, 0.29) is 0 Å². The first-order valence-corrected chi connectivity index (χ1v) is 7.87. The monoisotopic (exact) mass is 276 g/mol. The molecule has 0 radical (unpaired) electrons. The summed E-state index contributed by atoms with van der Waals surface area (Å²) in [6.07, 6.45) is 3.86. The molecule has 1 fully saturated rings. The molecule has 0 aromatic heterocycles. The van der Waals surface area contributed by atoms with Gasteiger partial charge in [-0.3, -0.25) is 4.90 Å². The number of ether oxygens (including phenoxy) is 1. The summed E-state index contributed by atoms with van der Waals surface area (Å²) in [5.41, 5.74) is 8.77. The van der Waals surface area contributed by atoms with Gasteiger partial charge in [0.1, 0.15) is 0 Å². The third kappa shape index (κ3) is 3.81. The zero-order valence-corrected chi connectivity index (χ0v) is 12.8. The molecule has 1 aliphatic rings. The summed E-state index contributed by atoms with van der Waals surface area (Å²) in [4.78, 5) is 2.51. The molecule has 1 heterocycles. The fraction of sp³-hybridized carbons (Fsp3) is 0.647. The van der Waals surface area contributed by atoms with Crippen molar-refractivity contribution < 1.29 is 4.74 Å². The Morgan fingerprint density at radius 1 is 1.40 bits per heavy atom. The van der Waals surface area contributed by atoms with E-state index >= 15 is 0 Å². The number of likely N-dealkylation sites (tertiary alicyclic amines) is 1. The van der Waals surface area contributed by atoms with Crippen molar-refractivity contribution in [3.63, 3.8) is 0 Å². The van der Waals surface area contributed by atoms with E-state index in [0.29, 0.717) is 18.7 Å². The molecule has 112 valence electrons. The number of nitrogens with two attached hydrogens (primary N) is 1. The van der Waals surface area contributed by atoms with Crippen LogP contribution in [0.4, 0.5) is 0 Å². The summed E-state index contributed by atoms with van der Waals surface area (Å²) in [7, 11) is 0. The lowest BCUT2D eigenvalue weighted by atomic mass is 9.97. The number of nitrogens with zero attached hydrogens (tertiary/aromatic N) is 1. The van der Waals surface area contributed by atoms with Crippen LogP contribution in [0.1, 0.15) is 43.4 Å². The summed E-state index contributed by atoms with van der Waals surface area (Å²) in [6.45, 7) is 8.02. The van der Waals surface area contributed by atoms with E-state index in [1.54, 1.807) is 0 Å². The lowest BCUT2D eigenvalue weighted by molar-refractivity contribution is -0.0119. The molecule has 2 unspecified atom stereocenters. The van der Waals surface area contributed by atoms with Crippen molar-refractivity contribution in [3.8, 4) is 0 Å². The van der Waals surface area contributed by atoms with Crippen molar-refractivity contribution in [3.05, 3.63) is 35.4 Å². The molecule has 0 spiro atoms. The highest BCUT2D eigenvalue weighted by molar-refractivity contribution is 5.29. The van der Waals surface area contributed by atoms with Crippen molar-refractivity contribution in [2.75, 3.05) is 26.2 Å². The molecule has 1 saturated heterocycles. The largest absolute Gasteiger partial charge is 0.377 e. The molecule has 0 bridgehead atoms. The Labute approximate surface area is 123 Å². The van der Waals surface area contributed by atoms with Crippen molar-refractivity contribution >= 4 is 0 Å². The van der Waals surface area contributed by atoms with E-state index in [9.17, 15) is 0 Å². The molecule has 0 aliphatic carbocycles. The van der Waals surface area contributed by atoms with Gasteiger partial charge in [0.2, 0.25) is 0 Å². The Morgan fingerprint density at radius 2 is 2.20 bits per heavy atom. The summed E-state index contributed by atoms with van der Waals surface area (Å²) < 4.78 is 5.94. The summed E-state index contributed by atoms with van der Waals surface area (Å²) in [5, 5.41) is 0. The number of piperidine rings is 1. The van der Waals surface area contributed by atoms with Crippen LogP contribution in [-0.2, 0) is 4.74 Å². The van der Waals surface area contributed by atoms with Gasteiger partial charge in [0, 0.05) is 25.7 Å². The van der Waals surface area contributed by atoms with Crippen LogP contribution in [0.25, 0.3) is 0 Å². The van der Waals surface area contributed by atoms with Crippen LogP contribution in [0.3, 0.4) is 0 Å². The number of benzene rings is 1. The maximum atomic E-state index is 6.07. The molecule has 0 amide bonds. The van der Waals surface area contributed by atoms with Gasteiger partial charge in [-0.25, -0.2) is 0 Å². The van der Waals surface area contributed by atoms with Gasteiger partial charge >= 0.3 is 0 Å². The van der Waals surface area contributed by atoms with Crippen LogP contribution in [0.5, 0.6) is 0 Å². The second kappa shape index (κ2) is 7.77. The average molecular weight is 276 g/mol. The lowest BCUT2D eigenvalue weighted by Crippen LogP contribution is -2.44. The summed E-state index contributed by atoms with van der Waals surface area (Å²) in [6, 6.07) is 8.91. The highest BCUT2D eigenvalue weighted by atomic mass is 16.5. The van der Waals surface area contributed by atoms with Crippen molar-refractivity contribution in [2.24, 2.45) is 5.73 Å². The predicted molar refractivity (Wildman–Crippen MR) is 83.8 cm³/mol. The molecule has 1 aromatic rings. The van der Waals surface area contributed by atoms with E-state index in [4.69, 9.17) is 10.5 Å². The van der Waals surface area contributed by atoms with Gasteiger partial charge < -0.3 is 10.5 Å². The molecular formula is C17H28N2O. The van der Waals surface area contributed by atoms with E-state index in [2.05, 4.69) is 43.0 Å². The first-order valence-electron chi connectivity index (χ1n) is 7.87. The van der Waals surface area contributed by atoms with E-state index in [1.165, 1.54) is 24.0 Å². The molecule has 1 aromatic carbocycles. The van der Waals surface area contributed by atoms with Crippen molar-refractivity contribution in [1.29, 1.82) is 0 Å². The van der Waals surface area contributed by atoms with Crippen LogP contribution in [0.15, 0.2) is 24.3 Å². The quantitative estimate of drug-likeness (QED) is 0.868. The predicted octanol–water partition coefficient (Wildman–Crippen LogP) is 2.89. The third-order valence-electron chi connectivity index (χ3n) is 4.18. The normalized spacial score (nSPS) is 21.9. The van der Waals surface area contributed by atoms with E-state index in [1.807, 2.05) is 0 Å². The maximum absolute atomic E-state index is 6.07. The van der Waals surface area contributed by atoms with Crippen molar-refractivity contribution in [1.82, 2.24) is 4.90 Å². The first kappa shape index (κ1) is 15.5. The summed E-state index contributed by atoms with van der Waals surface area (Å²) >= 11 is 0. The van der Waals surface area contributed by atoms with Crippen LogP contribution in [0.2, 0.25) is 0 Å². The van der Waals surface area contributed by atoms with Gasteiger partial charge in [-0.2, -0.15) is 0 Å². The van der Waals surface area contributed by atoms with Crippen LogP contribution >= 0.6 is 0 Å². The molecule has 3 nitrogen and oxygen atoms in total. The van der Waals surface area contributed by atoms with Gasteiger partial charge in [0.05, 0.1) is 6.10 Å². The van der Waals surface area contributed by atoms with Gasteiger partial charge in [-0.1, -0.05) is 31.2 Å². The number of aryl methyl sites for hydroxylation is 1. The standard InChI is InChI=1S/C17H28N2O/c1-3-11-20-15-8-6-10-19(13-15)17(12-18)16-9-5-4-7-14(16)2/h4-5,7,9,15,17H,3,6,8,10-13,18H2,1-2H3. The molecule has 3 heteroatoms. The topological polar surface area (TPSA) is 38.5 Å². The first-order chi connectivity index (χ1) is 9.76. The van der Waals surface area contributed by atoms with E-state index in [0.717, 1.165) is 26.1 Å². The Kier molecular flexibility index (Phi) is 6.02. The lowest BCUT2D eigenvalue weighted by Gasteiger charge is -2.38. The maximum Gasteiger partial charge on any atom is 0.0702 e. The SMILES string of the molecule is CCCOC1CCCN(C(CN)c2ccccc2C)C1. The smallest absolute Gasteiger partial charge is 0.0702 e. The van der Waals surface area contributed by atoms with Gasteiger partial charge in [-0.15, -0.1) is 0 Å². The molecule has 2 N–H and O–H groups in total. The van der Waals surface area contributed by atoms with Crippen LogP contribution in [0, 0.1) is 6.92 Å². The molecule has 2 atom stereocenters. The zero-order chi connectivity index (χ0) is 14.4. The zero-order valence-electron chi connectivity index (χ0n) is 12.8. The Bertz CT molecular complexity index is 408. The average Bonchev–Trinajstić information content (AvgIpc) is 2.48. The molecule has 0 saturated carbocycles. The molecular weight excluding hydrogens is 248 g/mol. The number of hydrogen-bond acceptors (Lipinski definition) is 3. The Hall–Kier alpha value is -0.900. The van der Waals surface area contributed by atoms with Crippen LogP contribution < -0.4 is 5.73 Å². The highest BCUT2D eigenvalue weighted by Crippen LogP contribution is 2.27. The minimum Gasteiger partial charge on any atom is -0.377 e. The van der Waals surface area contributed by atoms with Gasteiger partial charge in [0.25, 0.3) is 0 Å². The Balaban J connectivity index is 2.05. The van der Waals surface area contributed by atoms with Gasteiger partial charge in [0.15, 0.2) is 0 Å². The second-order valence-corrected chi connectivity index (χ2v) is 5.74. The fourth-order valence-electron chi connectivity index (χ4n) is 3.10. The molecule has 2 rings (SSSR count). The van der Waals surface area contributed by atoms with Crippen molar-refractivity contribution in [2.45, 2.75) is 45.3 Å². The molecule has 20 heavy (non-hydrogen) atoms. The third-order valence-corrected chi connectivity index (χ3v) is 4.18. The summed E-state index contributed by atoms with van der Waals surface area (Å²) in [5.74, 6) is 0. The van der Waals surface area contributed by atoms with Crippen LogP contribution in [-0.4, -0.2) is 37.2 Å². The minimum absolute atomic E-state index is 0.323. The molecule has 1 aliphatic heterocycles. The van der Waals surface area contributed by atoms with Gasteiger partial charge in [-0.05, 0) is 43.9 Å². The second-order valence-electron chi connectivity index (χ2n) is 5.74. The Morgan fingerprint density at radius 3 is 2.90 bits per heavy atom. The van der Waals surface area contributed by atoms with E-state index < -0.39 is 0 Å². The fourth-order valence-corrected chi connectivity index (χ4v) is 3.10. The number of hydrogen-bond donors (Lipinski definition) is 1. The minimum atomic E-state index is 0.323. The number of rotatable bonds is 6. The highest BCUT2D eigenvalue weighted by Gasteiger charge is 2.27.